The van der Waals surface area contributed by atoms with E-state index < -0.39 is 23.3 Å². The normalized spacial score (nSPS) is 20.8. The Labute approximate surface area is 162 Å². The third kappa shape index (κ3) is 3.64. The Morgan fingerprint density at radius 2 is 2.14 bits per heavy atom. The summed E-state index contributed by atoms with van der Waals surface area (Å²) in [5.41, 5.74) is -0.738. The fourth-order valence-electron chi connectivity index (χ4n) is 2.72. The molecule has 1 aromatic carbocycles. The average Bonchev–Trinajstić information content (AvgIpc) is 3.11. The number of pyridine rings is 1. The molecule has 4 rings (SSSR count). The van der Waals surface area contributed by atoms with Crippen molar-refractivity contribution < 1.29 is 24.1 Å². The summed E-state index contributed by atoms with van der Waals surface area (Å²) in [5, 5.41) is 31.1. The highest BCUT2D eigenvalue weighted by Gasteiger charge is 2.58. The van der Waals surface area contributed by atoms with Gasteiger partial charge in [0.2, 0.25) is 5.82 Å². The molecule has 0 amide bonds. The maximum Gasteiger partial charge on any atom is 0.309 e. The van der Waals surface area contributed by atoms with Gasteiger partial charge in [-0.05, 0) is 42.0 Å². The summed E-state index contributed by atoms with van der Waals surface area (Å²) < 4.78 is 19.1. The van der Waals surface area contributed by atoms with Crippen molar-refractivity contribution in [1.29, 1.82) is 0 Å². The standard InChI is InChI=1S/C17H13ClFN5O4/c18-10-5-13(19)15(20-7-10)28-11-3-1-9(2-4-11)14-21-23-24(22-14)8-17(27)6-12(17)16(25)26/h1-5,7,12,27H,6,8H2,(H,25,26). The highest BCUT2D eigenvalue weighted by Crippen LogP contribution is 2.44. The highest BCUT2D eigenvalue weighted by molar-refractivity contribution is 6.30. The van der Waals surface area contributed by atoms with Gasteiger partial charge in [0.05, 0.1) is 17.5 Å². The van der Waals surface area contributed by atoms with Gasteiger partial charge in [0.1, 0.15) is 11.4 Å². The third-order valence-electron chi connectivity index (χ3n) is 4.31. The van der Waals surface area contributed by atoms with E-state index in [4.69, 9.17) is 21.4 Å². The molecule has 1 fully saturated rings. The molecule has 2 atom stereocenters. The Morgan fingerprint density at radius 3 is 2.79 bits per heavy atom. The number of benzene rings is 1. The summed E-state index contributed by atoms with van der Waals surface area (Å²) in [6.07, 6.45) is 1.43. The summed E-state index contributed by atoms with van der Waals surface area (Å²) >= 11 is 5.65. The van der Waals surface area contributed by atoms with Gasteiger partial charge in [0.15, 0.2) is 5.82 Å². The van der Waals surface area contributed by atoms with E-state index in [1.807, 2.05) is 0 Å². The predicted molar refractivity (Wildman–Crippen MR) is 93.2 cm³/mol. The minimum absolute atomic E-state index is 0.0559. The van der Waals surface area contributed by atoms with Crippen LogP contribution < -0.4 is 4.74 Å². The van der Waals surface area contributed by atoms with Gasteiger partial charge in [0.25, 0.3) is 5.88 Å². The average molecular weight is 406 g/mol. The van der Waals surface area contributed by atoms with Crippen molar-refractivity contribution in [3.8, 4) is 23.0 Å². The predicted octanol–water partition coefficient (Wildman–Crippen LogP) is 2.16. The van der Waals surface area contributed by atoms with Gasteiger partial charge < -0.3 is 14.9 Å². The molecule has 0 saturated heterocycles. The van der Waals surface area contributed by atoms with Crippen LogP contribution in [0.25, 0.3) is 11.4 Å². The zero-order valence-electron chi connectivity index (χ0n) is 14.2. The molecule has 1 aliphatic rings. The summed E-state index contributed by atoms with van der Waals surface area (Å²) in [6.45, 7) is -0.0559. The van der Waals surface area contributed by atoms with Crippen LogP contribution in [-0.4, -0.2) is 47.0 Å². The van der Waals surface area contributed by atoms with Crippen molar-refractivity contribution >= 4 is 17.6 Å². The van der Waals surface area contributed by atoms with E-state index in [1.54, 1.807) is 24.3 Å². The molecule has 0 bridgehead atoms. The number of carboxylic acid groups (broad SMARTS) is 1. The number of nitrogens with zero attached hydrogens (tertiary/aromatic N) is 5. The number of carboxylic acids is 1. The smallest absolute Gasteiger partial charge is 0.309 e. The van der Waals surface area contributed by atoms with Gasteiger partial charge >= 0.3 is 5.97 Å². The molecular formula is C17H13ClFN5O4. The SMILES string of the molecule is O=C(O)C1CC1(O)Cn1nnc(-c2ccc(Oc3ncc(Cl)cc3F)cc2)n1. The lowest BCUT2D eigenvalue weighted by Gasteiger charge is -2.06. The van der Waals surface area contributed by atoms with E-state index in [9.17, 15) is 14.3 Å². The van der Waals surface area contributed by atoms with Crippen molar-refractivity contribution in [3.05, 3.63) is 47.4 Å². The number of aliphatic hydroxyl groups is 1. The van der Waals surface area contributed by atoms with Gasteiger partial charge in [-0.3, -0.25) is 4.79 Å². The summed E-state index contributed by atoms with van der Waals surface area (Å²) in [4.78, 5) is 15.9. The Bertz CT molecular complexity index is 1040. The molecule has 2 aromatic heterocycles. The molecule has 28 heavy (non-hydrogen) atoms. The van der Waals surface area contributed by atoms with Crippen molar-refractivity contribution in [3.63, 3.8) is 0 Å². The zero-order valence-corrected chi connectivity index (χ0v) is 14.9. The maximum atomic E-state index is 13.7. The number of aliphatic carboxylic acids is 1. The molecule has 2 heterocycles. The van der Waals surface area contributed by atoms with E-state index >= 15 is 0 Å². The fraction of sp³-hybridized carbons (Fsp3) is 0.235. The van der Waals surface area contributed by atoms with Gasteiger partial charge in [-0.2, -0.15) is 4.80 Å². The van der Waals surface area contributed by atoms with Crippen LogP contribution in [0.2, 0.25) is 5.02 Å². The minimum Gasteiger partial charge on any atom is -0.481 e. The number of hydrogen-bond donors (Lipinski definition) is 2. The molecule has 1 aliphatic carbocycles. The Balaban J connectivity index is 1.44. The van der Waals surface area contributed by atoms with Gasteiger partial charge in [0, 0.05) is 11.8 Å². The highest BCUT2D eigenvalue weighted by atomic mass is 35.5. The van der Waals surface area contributed by atoms with Crippen LogP contribution in [-0.2, 0) is 11.3 Å². The van der Waals surface area contributed by atoms with Crippen LogP contribution in [0.4, 0.5) is 4.39 Å². The second-order valence-corrected chi connectivity index (χ2v) is 6.85. The number of aromatic nitrogens is 5. The molecule has 11 heteroatoms. The molecular weight excluding hydrogens is 393 g/mol. The van der Waals surface area contributed by atoms with Crippen molar-refractivity contribution in [2.45, 2.75) is 18.6 Å². The van der Waals surface area contributed by atoms with Crippen LogP contribution in [0, 0.1) is 11.7 Å². The minimum atomic E-state index is -1.35. The van der Waals surface area contributed by atoms with E-state index in [0.29, 0.717) is 17.1 Å². The molecule has 0 aliphatic heterocycles. The first kappa shape index (κ1) is 18.3. The lowest BCUT2D eigenvalue weighted by atomic mass is 10.2. The molecule has 9 nitrogen and oxygen atoms in total. The Kier molecular flexibility index (Phi) is 4.44. The molecule has 3 aromatic rings. The monoisotopic (exact) mass is 405 g/mol. The zero-order chi connectivity index (χ0) is 19.9. The fourth-order valence-corrected chi connectivity index (χ4v) is 2.86. The Morgan fingerprint density at radius 1 is 1.39 bits per heavy atom. The van der Waals surface area contributed by atoms with Gasteiger partial charge in [-0.1, -0.05) is 11.6 Å². The number of halogens is 2. The van der Waals surface area contributed by atoms with Crippen LogP contribution in [0.15, 0.2) is 36.5 Å². The largest absolute Gasteiger partial charge is 0.481 e. The van der Waals surface area contributed by atoms with E-state index in [-0.39, 0.29) is 23.9 Å². The first-order valence-electron chi connectivity index (χ1n) is 8.16. The summed E-state index contributed by atoms with van der Waals surface area (Å²) in [6, 6.07) is 7.57. The molecule has 1 saturated carbocycles. The van der Waals surface area contributed by atoms with Crippen molar-refractivity contribution in [1.82, 2.24) is 25.2 Å². The maximum absolute atomic E-state index is 13.7. The van der Waals surface area contributed by atoms with Gasteiger partial charge in [-0.25, -0.2) is 9.37 Å². The Hall–Kier alpha value is -3.11. The number of ether oxygens (including phenoxy) is 1. The van der Waals surface area contributed by atoms with Crippen LogP contribution >= 0.6 is 11.6 Å². The lowest BCUT2D eigenvalue weighted by Crippen LogP contribution is -2.24. The van der Waals surface area contributed by atoms with Crippen LogP contribution in [0.3, 0.4) is 0 Å². The first-order valence-corrected chi connectivity index (χ1v) is 8.54. The van der Waals surface area contributed by atoms with E-state index in [0.717, 1.165) is 10.9 Å². The summed E-state index contributed by atoms with van der Waals surface area (Å²) in [7, 11) is 0. The number of tetrazole rings is 1. The number of carbonyl (C=O) groups is 1. The first-order chi connectivity index (χ1) is 13.3. The molecule has 0 spiro atoms. The van der Waals surface area contributed by atoms with Crippen molar-refractivity contribution in [2.75, 3.05) is 0 Å². The lowest BCUT2D eigenvalue weighted by molar-refractivity contribution is -0.140. The quantitative estimate of drug-likeness (QED) is 0.639. The van der Waals surface area contributed by atoms with Crippen molar-refractivity contribution in [2.24, 2.45) is 5.92 Å². The van der Waals surface area contributed by atoms with E-state index in [1.165, 1.54) is 6.20 Å². The number of rotatable bonds is 6. The van der Waals surface area contributed by atoms with Crippen LogP contribution in [0.1, 0.15) is 6.42 Å². The van der Waals surface area contributed by atoms with Gasteiger partial charge in [-0.15, -0.1) is 10.2 Å². The second-order valence-electron chi connectivity index (χ2n) is 6.41. The number of hydrogen-bond acceptors (Lipinski definition) is 7. The molecule has 0 radical (unpaired) electrons. The molecule has 2 N–H and O–H groups in total. The van der Waals surface area contributed by atoms with Crippen LogP contribution in [0.5, 0.6) is 11.6 Å². The molecule has 144 valence electrons. The topological polar surface area (TPSA) is 123 Å². The van der Waals surface area contributed by atoms with E-state index in [2.05, 4.69) is 20.4 Å². The molecule has 2 unspecified atom stereocenters. The second kappa shape index (κ2) is 6.80. The third-order valence-corrected chi connectivity index (χ3v) is 4.52. The summed E-state index contributed by atoms with van der Waals surface area (Å²) in [5.74, 6) is -2.11.